The van der Waals surface area contributed by atoms with Crippen molar-refractivity contribution in [2.45, 2.75) is 25.7 Å². The average molecular weight is 433 g/mol. The highest BCUT2D eigenvalue weighted by Crippen LogP contribution is 2.29. The number of carbonyl (C=O) groups is 1. The summed E-state index contributed by atoms with van der Waals surface area (Å²) in [6.07, 6.45) is -1.09. The van der Waals surface area contributed by atoms with Crippen LogP contribution in [0.5, 0.6) is 5.75 Å². The van der Waals surface area contributed by atoms with Gasteiger partial charge in [0, 0.05) is 12.8 Å². The summed E-state index contributed by atoms with van der Waals surface area (Å²) in [6.45, 7) is 2.34. The summed E-state index contributed by atoms with van der Waals surface area (Å²) in [4.78, 5) is 16.8. The highest BCUT2D eigenvalue weighted by Gasteiger charge is 2.31. The Bertz CT molecular complexity index is 1030. The van der Waals surface area contributed by atoms with E-state index in [0.29, 0.717) is 35.5 Å². The van der Waals surface area contributed by atoms with Crippen molar-refractivity contribution in [3.63, 3.8) is 0 Å². The van der Waals surface area contributed by atoms with E-state index in [9.17, 15) is 18.0 Å². The highest BCUT2D eigenvalue weighted by atomic mass is 19.4. The topological polar surface area (TPSA) is 65.4 Å². The molecule has 0 unspecified atom stereocenters. The van der Waals surface area contributed by atoms with Crippen molar-refractivity contribution >= 4 is 5.91 Å². The van der Waals surface area contributed by atoms with Crippen molar-refractivity contribution in [1.29, 1.82) is 0 Å². The van der Waals surface area contributed by atoms with E-state index in [-0.39, 0.29) is 17.7 Å². The molecule has 0 radical (unpaired) electrons. The summed E-state index contributed by atoms with van der Waals surface area (Å²) in [5, 5.41) is 2.91. The Morgan fingerprint density at radius 1 is 1.16 bits per heavy atom. The van der Waals surface area contributed by atoms with Crippen LogP contribution in [0.2, 0.25) is 0 Å². The zero-order chi connectivity index (χ0) is 22.4. The fourth-order valence-electron chi connectivity index (χ4n) is 3.10. The molecule has 0 bridgehead atoms. The maximum Gasteiger partial charge on any atom is 0.573 e. The first-order chi connectivity index (χ1) is 14.8. The van der Waals surface area contributed by atoms with Crippen LogP contribution in [-0.2, 0) is 4.74 Å². The predicted octanol–water partition coefficient (Wildman–Crippen LogP) is 4.59. The van der Waals surface area contributed by atoms with E-state index in [0.717, 1.165) is 0 Å². The van der Waals surface area contributed by atoms with Crippen LogP contribution in [0, 0.1) is 0 Å². The van der Waals surface area contributed by atoms with E-state index >= 15 is 0 Å². The third kappa shape index (κ3) is 5.85. The number of hydrogen-bond donors (Lipinski definition) is 1. The van der Waals surface area contributed by atoms with E-state index < -0.39 is 6.36 Å². The molecule has 3 aromatic rings. The summed E-state index contributed by atoms with van der Waals surface area (Å²) >= 11 is 0. The Labute approximate surface area is 177 Å². The van der Waals surface area contributed by atoms with Gasteiger partial charge in [-0.2, -0.15) is 0 Å². The van der Waals surface area contributed by atoms with Gasteiger partial charge < -0.3 is 14.8 Å². The Hall–Kier alpha value is -3.33. The number of rotatable bonds is 8. The number of carbonyl (C=O) groups excluding carboxylic acids is 1. The molecule has 0 saturated carbocycles. The van der Waals surface area contributed by atoms with E-state index in [1.807, 2.05) is 6.92 Å². The number of nitrogens with one attached hydrogen (secondary N) is 1. The molecule has 1 amide bonds. The van der Waals surface area contributed by atoms with E-state index in [1.54, 1.807) is 42.0 Å². The summed E-state index contributed by atoms with van der Waals surface area (Å²) in [5.74, 6) is -0.603. The number of amides is 1. The van der Waals surface area contributed by atoms with Crippen LogP contribution in [0.4, 0.5) is 13.2 Å². The molecule has 1 atom stereocenters. The molecule has 6 nitrogen and oxygen atoms in total. The lowest BCUT2D eigenvalue weighted by Gasteiger charge is -2.17. The van der Waals surface area contributed by atoms with Gasteiger partial charge in [-0.15, -0.1) is 13.2 Å². The minimum atomic E-state index is -4.77. The summed E-state index contributed by atoms with van der Waals surface area (Å²) in [6, 6.07) is 12.6. The molecule has 3 rings (SSSR count). The molecule has 1 heterocycles. The van der Waals surface area contributed by atoms with Gasteiger partial charge in [0.2, 0.25) is 0 Å². The fourth-order valence-corrected chi connectivity index (χ4v) is 3.10. The Balaban J connectivity index is 1.88. The van der Waals surface area contributed by atoms with Gasteiger partial charge in [-0.05, 0) is 41.8 Å². The van der Waals surface area contributed by atoms with Crippen molar-refractivity contribution in [3.05, 3.63) is 66.7 Å². The summed E-state index contributed by atoms with van der Waals surface area (Å²) in [5.41, 5.74) is 2.18. The zero-order valence-corrected chi connectivity index (χ0v) is 17.0. The van der Waals surface area contributed by atoms with E-state index in [4.69, 9.17) is 4.74 Å². The highest BCUT2D eigenvalue weighted by molar-refractivity contribution is 5.93. The SMILES string of the molecule is CC[C@H](COC)NC(=O)c1cncn1-c1cccc(-c2cccc(OC(F)(F)F)c2)c1. The standard InChI is InChI=1S/C22H22F3N3O3/c1-3-17(13-30-2)27-21(29)20-12-26-14-28(20)18-8-4-6-15(10-18)16-7-5-9-19(11-16)31-22(23,24)25/h4-12,14,17H,3,13H2,1-2H3,(H,27,29)/t17-/m1/s1. The number of ether oxygens (including phenoxy) is 2. The average Bonchev–Trinajstić information content (AvgIpc) is 3.22. The third-order valence-corrected chi connectivity index (χ3v) is 4.59. The first-order valence-electron chi connectivity index (χ1n) is 9.59. The molecule has 164 valence electrons. The van der Waals surface area contributed by atoms with E-state index in [1.165, 1.54) is 30.7 Å². The smallest absolute Gasteiger partial charge is 0.406 e. The van der Waals surface area contributed by atoms with Crippen LogP contribution in [-0.4, -0.2) is 41.6 Å². The second-order valence-corrected chi connectivity index (χ2v) is 6.81. The van der Waals surface area contributed by atoms with Gasteiger partial charge in [0.1, 0.15) is 11.4 Å². The minimum absolute atomic E-state index is 0.136. The Kier molecular flexibility index (Phi) is 6.96. The monoisotopic (exact) mass is 433 g/mol. The number of halogens is 3. The lowest BCUT2D eigenvalue weighted by molar-refractivity contribution is -0.274. The van der Waals surface area contributed by atoms with Gasteiger partial charge in [0.25, 0.3) is 5.91 Å². The molecule has 2 aromatic carbocycles. The molecule has 0 aliphatic carbocycles. The van der Waals surface area contributed by atoms with Crippen LogP contribution < -0.4 is 10.1 Å². The van der Waals surface area contributed by atoms with Gasteiger partial charge in [0.15, 0.2) is 0 Å². The van der Waals surface area contributed by atoms with Crippen molar-refractivity contribution in [2.24, 2.45) is 0 Å². The van der Waals surface area contributed by atoms with Crippen LogP contribution in [0.25, 0.3) is 16.8 Å². The first-order valence-corrected chi connectivity index (χ1v) is 9.59. The van der Waals surface area contributed by atoms with Gasteiger partial charge in [-0.3, -0.25) is 9.36 Å². The predicted molar refractivity (Wildman–Crippen MR) is 109 cm³/mol. The molecular formula is C22H22F3N3O3. The van der Waals surface area contributed by atoms with Crippen molar-refractivity contribution < 1.29 is 27.4 Å². The minimum Gasteiger partial charge on any atom is -0.406 e. The van der Waals surface area contributed by atoms with Gasteiger partial charge >= 0.3 is 6.36 Å². The van der Waals surface area contributed by atoms with Crippen LogP contribution in [0.3, 0.4) is 0 Å². The van der Waals surface area contributed by atoms with Crippen molar-refractivity contribution in [3.8, 4) is 22.6 Å². The second-order valence-electron chi connectivity index (χ2n) is 6.81. The molecule has 0 fully saturated rings. The molecule has 9 heteroatoms. The van der Waals surface area contributed by atoms with Crippen LogP contribution in [0.15, 0.2) is 61.1 Å². The number of imidazole rings is 1. The summed E-state index contributed by atoms with van der Waals surface area (Å²) in [7, 11) is 1.57. The van der Waals surface area contributed by atoms with Crippen molar-refractivity contribution in [1.82, 2.24) is 14.9 Å². The molecule has 0 aliphatic heterocycles. The molecule has 0 saturated heterocycles. The number of aromatic nitrogens is 2. The molecule has 1 N–H and O–H groups in total. The quantitative estimate of drug-likeness (QED) is 0.564. The third-order valence-electron chi connectivity index (χ3n) is 4.59. The number of nitrogens with zero attached hydrogens (tertiary/aromatic N) is 2. The molecule has 0 spiro atoms. The van der Waals surface area contributed by atoms with E-state index in [2.05, 4.69) is 15.0 Å². The van der Waals surface area contributed by atoms with Crippen LogP contribution >= 0.6 is 0 Å². The number of hydrogen-bond acceptors (Lipinski definition) is 4. The fraction of sp³-hybridized carbons (Fsp3) is 0.273. The Morgan fingerprint density at radius 2 is 1.87 bits per heavy atom. The zero-order valence-electron chi connectivity index (χ0n) is 17.0. The second kappa shape index (κ2) is 9.65. The summed E-state index contributed by atoms with van der Waals surface area (Å²) < 4.78 is 48.3. The first kappa shape index (κ1) is 22.4. The normalized spacial score (nSPS) is 12.4. The largest absolute Gasteiger partial charge is 0.573 e. The molecule has 1 aromatic heterocycles. The molecule has 0 aliphatic rings. The maximum absolute atomic E-state index is 12.7. The lowest BCUT2D eigenvalue weighted by Crippen LogP contribution is -2.38. The maximum atomic E-state index is 12.7. The molecule has 31 heavy (non-hydrogen) atoms. The Morgan fingerprint density at radius 3 is 2.55 bits per heavy atom. The number of methoxy groups -OCH3 is 1. The van der Waals surface area contributed by atoms with Crippen LogP contribution in [0.1, 0.15) is 23.8 Å². The van der Waals surface area contributed by atoms with Crippen molar-refractivity contribution in [2.75, 3.05) is 13.7 Å². The van der Waals surface area contributed by atoms with Gasteiger partial charge in [-0.25, -0.2) is 4.98 Å². The van der Waals surface area contributed by atoms with Gasteiger partial charge in [-0.1, -0.05) is 31.2 Å². The lowest BCUT2D eigenvalue weighted by atomic mass is 10.0. The number of benzene rings is 2. The molecular weight excluding hydrogens is 411 g/mol. The number of alkyl halides is 3. The van der Waals surface area contributed by atoms with Gasteiger partial charge in [0.05, 0.1) is 25.2 Å².